The third kappa shape index (κ3) is 2.84. The van der Waals surface area contributed by atoms with Gasteiger partial charge in [0, 0.05) is 0 Å². The van der Waals surface area contributed by atoms with Crippen molar-refractivity contribution in [2.75, 3.05) is 6.56 Å². The zero-order chi connectivity index (χ0) is 16.1. The molecule has 6 heteroatoms. The molecular formula is C6H12O6. The summed E-state index contributed by atoms with van der Waals surface area (Å²) in [6.07, 6.45) is -19.8. The van der Waals surface area contributed by atoms with E-state index in [1.807, 2.05) is 0 Å². The van der Waals surface area contributed by atoms with Gasteiger partial charge in [0.1, 0.15) is 25.7 Å². The Bertz CT molecular complexity index is 373. The van der Waals surface area contributed by atoms with E-state index in [1.54, 1.807) is 0 Å². The van der Waals surface area contributed by atoms with E-state index >= 15 is 0 Å². The Balaban J connectivity index is 5.99. The van der Waals surface area contributed by atoms with E-state index in [2.05, 4.69) is 0 Å². The molecule has 0 aromatic heterocycles. The number of hydrogen-bond donors (Lipinski definition) is 5. The Morgan fingerprint density at radius 2 is 1.92 bits per heavy atom. The largest absolute Gasteiger partial charge is 0.394 e. The van der Waals surface area contributed by atoms with Crippen molar-refractivity contribution in [1.82, 2.24) is 0 Å². The van der Waals surface area contributed by atoms with Crippen molar-refractivity contribution >= 4 is 6.26 Å². The van der Waals surface area contributed by atoms with Crippen molar-refractivity contribution in [3.63, 3.8) is 0 Å². The van der Waals surface area contributed by atoms with E-state index in [4.69, 9.17) is 19.8 Å². The minimum Gasteiger partial charge on any atom is -0.394 e. The summed E-state index contributed by atoms with van der Waals surface area (Å²) in [5.41, 5.74) is 0. The second kappa shape index (κ2) is 5.18. The highest BCUT2D eigenvalue weighted by Gasteiger charge is 2.29. The second-order valence-corrected chi connectivity index (χ2v) is 1.61. The van der Waals surface area contributed by atoms with Gasteiger partial charge in [0.25, 0.3) is 0 Å². The van der Waals surface area contributed by atoms with Gasteiger partial charge in [0.05, 0.1) is 14.8 Å². The molecule has 72 valence electrons. The van der Waals surface area contributed by atoms with Crippen LogP contribution in [0.3, 0.4) is 0 Å². The molecule has 0 saturated carbocycles. The quantitative estimate of drug-likeness (QED) is 0.230. The van der Waals surface area contributed by atoms with Crippen LogP contribution < -0.4 is 0 Å². The van der Waals surface area contributed by atoms with Crippen molar-refractivity contribution in [3.05, 3.63) is 0 Å². The molecule has 0 amide bonds. The molecule has 0 fully saturated rings. The van der Waals surface area contributed by atoms with Crippen LogP contribution in [0.4, 0.5) is 0 Å². The van der Waals surface area contributed by atoms with Crippen LogP contribution in [0.15, 0.2) is 0 Å². The maximum absolute atomic E-state index is 10.6. The molecular weight excluding hydrogens is 174 g/mol. The number of rotatable bonds is 5. The lowest BCUT2D eigenvalue weighted by Crippen LogP contribution is -2.46. The molecule has 0 heterocycles. The summed E-state index contributed by atoms with van der Waals surface area (Å²) >= 11 is 0. The topological polar surface area (TPSA) is 118 Å². The summed E-state index contributed by atoms with van der Waals surface area (Å²) in [7, 11) is 0. The minimum absolute atomic E-state index is 2.37. The fourth-order valence-corrected chi connectivity index (χ4v) is 0.326. The van der Waals surface area contributed by atoms with Crippen LogP contribution in [0.2, 0.25) is 0 Å². The van der Waals surface area contributed by atoms with Gasteiger partial charge in [-0.15, -0.1) is 0 Å². The fourth-order valence-electron chi connectivity index (χ4n) is 0.326. The van der Waals surface area contributed by atoms with E-state index in [0.717, 1.165) is 0 Å². The summed E-state index contributed by atoms with van der Waals surface area (Å²) in [4.78, 5) is 10.6. The Labute approximate surface area is 78.5 Å². The first-order valence-electron chi connectivity index (χ1n) is 6.07. The van der Waals surface area contributed by atoms with E-state index in [9.17, 15) is 20.1 Å². The highest BCUT2D eigenvalue weighted by atomic mass is 16.6. The zero-order valence-electron chi connectivity index (χ0n) is 12.6. The van der Waals surface area contributed by atoms with Crippen molar-refractivity contribution in [2.24, 2.45) is 0 Å². The molecule has 0 radical (unpaired) electrons. The monoisotopic (exact) mass is 193 g/mol. The second-order valence-electron chi connectivity index (χ2n) is 1.61. The number of hydrogen-bond acceptors (Lipinski definition) is 6. The molecule has 0 aliphatic rings. The highest BCUT2D eigenvalue weighted by Crippen LogP contribution is 2.02. The summed E-state index contributed by atoms with van der Waals surface area (Å²) in [6, 6.07) is 0. The van der Waals surface area contributed by atoms with Crippen LogP contribution >= 0.6 is 0 Å². The van der Waals surface area contributed by atoms with E-state index < -0.39 is 37.1 Å². The molecule has 0 aromatic rings. The summed E-state index contributed by atoms with van der Waals surface area (Å²) in [5, 5.41) is 45.8. The molecule has 0 aliphatic heterocycles. The number of carbonyl (C=O) groups is 1. The molecule has 0 unspecified atom stereocenters. The molecule has 0 saturated heterocycles. The van der Waals surface area contributed by atoms with Crippen LogP contribution in [0.25, 0.3) is 0 Å². The van der Waals surface area contributed by atoms with Crippen molar-refractivity contribution in [3.8, 4) is 0 Å². The molecule has 0 aliphatic carbocycles. The van der Waals surface area contributed by atoms with Crippen molar-refractivity contribution in [1.29, 1.82) is 0 Å². The third-order valence-electron chi connectivity index (χ3n) is 0.875. The van der Waals surface area contributed by atoms with Crippen molar-refractivity contribution in [2.45, 2.75) is 24.3 Å². The van der Waals surface area contributed by atoms with Crippen LogP contribution in [0.1, 0.15) is 9.60 Å². The van der Waals surface area contributed by atoms with E-state index in [0.29, 0.717) is 0 Å². The zero-order valence-corrected chi connectivity index (χ0v) is 5.64. The van der Waals surface area contributed by atoms with E-state index in [1.165, 1.54) is 0 Å². The van der Waals surface area contributed by atoms with Crippen molar-refractivity contribution < 1.29 is 39.9 Å². The van der Waals surface area contributed by atoms with Gasteiger partial charge in [0.2, 0.25) is 0 Å². The molecule has 0 rings (SSSR count). The molecule has 5 N–H and O–H groups in total. The van der Waals surface area contributed by atoms with Gasteiger partial charge < -0.3 is 30.3 Å². The van der Waals surface area contributed by atoms with Crippen LogP contribution in [-0.2, 0) is 4.79 Å². The SMILES string of the molecule is [2H][13C](=O)[13C@@]([2H])(O)[13C@@]([2H])(O)[13C@]([2H])(O)[13C@]([2H])(O)[13C]([2H])([2H])O. The Kier molecular flexibility index (Phi) is 1.78. The maximum Gasteiger partial charge on any atom is 0.151 e. The smallest absolute Gasteiger partial charge is 0.151 e. The average molecular weight is 193 g/mol. The number of carbonyl (C=O) groups excluding carboxylic acids is 1. The molecule has 4 atom stereocenters. The molecule has 0 bridgehead atoms. The lowest BCUT2D eigenvalue weighted by Gasteiger charge is -2.22. The van der Waals surface area contributed by atoms with Crippen LogP contribution in [0, 0.1) is 0 Å². The maximum atomic E-state index is 10.6. The lowest BCUT2D eigenvalue weighted by molar-refractivity contribution is -0.136. The summed E-state index contributed by atoms with van der Waals surface area (Å²) in [5.74, 6) is 0. The standard InChI is InChI=1S/C6H12O6/c7-1-3(9)5(11)6(12)4(10)2-8/h1,3-6,8-12H,2H2/t3-,4-,5-,6-/m1/s1/i1+1D,2+1D2,3+1D,4+1D,5+1D,6+1D. The van der Waals surface area contributed by atoms with Gasteiger partial charge in [-0.3, -0.25) is 0 Å². The van der Waals surface area contributed by atoms with Gasteiger partial charge >= 0.3 is 0 Å². The Morgan fingerprint density at radius 3 is 2.25 bits per heavy atom. The average Bonchev–Trinajstić information content (AvgIpc) is 2.14. The molecule has 12 heavy (non-hydrogen) atoms. The fraction of sp³-hybridized carbons (Fsp3) is 0.833. The minimum atomic E-state index is -4.47. The van der Waals surface area contributed by atoms with E-state index in [-0.39, 0.29) is 0 Å². The van der Waals surface area contributed by atoms with Gasteiger partial charge in [-0.05, 0) is 0 Å². The normalized spacial score (nSPS) is 41.2. The van der Waals surface area contributed by atoms with Gasteiger partial charge in [-0.2, -0.15) is 0 Å². The van der Waals surface area contributed by atoms with Gasteiger partial charge in [-0.1, -0.05) is 0 Å². The van der Waals surface area contributed by atoms with Gasteiger partial charge in [-0.25, -0.2) is 0 Å². The predicted molar refractivity (Wildman–Crippen MR) is 37.2 cm³/mol. The summed E-state index contributed by atoms with van der Waals surface area (Å²) in [6.45, 7) is -4.07. The first-order valence-corrected chi connectivity index (χ1v) is 2.57. The Hall–Kier alpha value is -0.530. The highest BCUT2D eigenvalue weighted by molar-refractivity contribution is 5.56. The first-order chi connectivity index (χ1) is 7.94. The molecule has 0 aromatic carbocycles. The van der Waals surface area contributed by atoms with Gasteiger partial charge in [0.15, 0.2) is 6.26 Å². The molecule has 0 spiro atoms. The molecule has 6 nitrogen and oxygen atoms in total. The third-order valence-corrected chi connectivity index (χ3v) is 0.875. The predicted octanol–water partition coefficient (Wildman–Crippen LogP) is -3.38. The summed E-state index contributed by atoms with van der Waals surface area (Å²) < 4.78 is 47.4. The van der Waals surface area contributed by atoms with Crippen LogP contribution in [0.5, 0.6) is 0 Å². The Morgan fingerprint density at radius 1 is 1.42 bits per heavy atom. The number of aliphatic hydroxyl groups is 5. The number of aldehydes is 1. The van der Waals surface area contributed by atoms with Crippen LogP contribution in [-0.4, -0.2) is 62.7 Å². The first kappa shape index (κ1) is 4.12. The lowest BCUT2D eigenvalue weighted by atomic mass is 11.0.